The number of hydrogen-bond acceptors (Lipinski definition) is 4. The highest BCUT2D eigenvalue weighted by Gasteiger charge is 2.27. The maximum absolute atomic E-state index is 14.2. The number of rotatable bonds is 12. The number of halogens is 1. The van der Waals surface area contributed by atoms with Gasteiger partial charge in [0.1, 0.15) is 11.9 Å². The molecule has 1 atom stereocenters. The number of nitrogens with one attached hydrogen (secondary N) is 1. The SMILES string of the molecule is CCCNC(=O)[C@H](C)N(Cc1cccc(C)c1)C(=O)CCCN(c1ccccc1F)S(C)(=O)=O. The molecule has 2 rings (SSSR count). The third-order valence-corrected chi connectivity index (χ3v) is 6.61. The first kappa shape index (κ1) is 27.3. The van der Waals surface area contributed by atoms with Crippen molar-refractivity contribution in [3.05, 3.63) is 65.5 Å². The van der Waals surface area contributed by atoms with E-state index >= 15 is 0 Å². The summed E-state index contributed by atoms with van der Waals surface area (Å²) in [7, 11) is -3.75. The van der Waals surface area contributed by atoms with Crippen molar-refractivity contribution in [1.82, 2.24) is 10.2 Å². The Morgan fingerprint density at radius 2 is 1.82 bits per heavy atom. The van der Waals surface area contributed by atoms with Crippen LogP contribution < -0.4 is 9.62 Å². The molecule has 2 aromatic rings. The molecule has 0 spiro atoms. The second-order valence-electron chi connectivity index (χ2n) is 8.37. The molecule has 1 N–H and O–H groups in total. The van der Waals surface area contributed by atoms with Crippen molar-refractivity contribution in [2.75, 3.05) is 23.7 Å². The fourth-order valence-corrected chi connectivity index (χ4v) is 4.59. The predicted octanol–water partition coefficient (Wildman–Crippen LogP) is 3.62. The minimum atomic E-state index is -3.75. The topological polar surface area (TPSA) is 86.8 Å². The normalized spacial score (nSPS) is 12.1. The van der Waals surface area contributed by atoms with E-state index in [1.54, 1.807) is 13.0 Å². The lowest BCUT2D eigenvalue weighted by atomic mass is 10.1. The summed E-state index contributed by atoms with van der Waals surface area (Å²) in [4.78, 5) is 27.3. The predicted molar refractivity (Wildman–Crippen MR) is 132 cm³/mol. The molecule has 0 bridgehead atoms. The van der Waals surface area contributed by atoms with Gasteiger partial charge in [-0.15, -0.1) is 0 Å². The third kappa shape index (κ3) is 7.83. The van der Waals surface area contributed by atoms with Crippen molar-refractivity contribution >= 4 is 27.5 Å². The number of benzene rings is 2. The van der Waals surface area contributed by atoms with E-state index in [-0.39, 0.29) is 43.4 Å². The Bertz CT molecular complexity index is 1090. The Morgan fingerprint density at radius 3 is 2.44 bits per heavy atom. The van der Waals surface area contributed by atoms with Gasteiger partial charge in [0.25, 0.3) is 0 Å². The van der Waals surface area contributed by atoms with E-state index in [4.69, 9.17) is 0 Å². The van der Waals surface area contributed by atoms with Crippen molar-refractivity contribution < 1.29 is 22.4 Å². The number of anilines is 1. The van der Waals surface area contributed by atoms with Gasteiger partial charge in [-0.25, -0.2) is 12.8 Å². The van der Waals surface area contributed by atoms with Gasteiger partial charge in [0.2, 0.25) is 21.8 Å². The second kappa shape index (κ2) is 12.5. The quantitative estimate of drug-likeness (QED) is 0.491. The van der Waals surface area contributed by atoms with E-state index in [0.717, 1.165) is 28.1 Å². The first-order valence-corrected chi connectivity index (χ1v) is 13.2. The molecule has 2 aromatic carbocycles. The van der Waals surface area contributed by atoms with E-state index in [2.05, 4.69) is 5.32 Å². The zero-order chi connectivity index (χ0) is 25.3. The number of carbonyl (C=O) groups is 2. The highest BCUT2D eigenvalue weighted by molar-refractivity contribution is 7.92. The van der Waals surface area contributed by atoms with Gasteiger partial charge < -0.3 is 10.2 Å². The van der Waals surface area contributed by atoms with Crippen LogP contribution in [0.15, 0.2) is 48.5 Å². The van der Waals surface area contributed by atoms with Crippen LogP contribution in [0.25, 0.3) is 0 Å². The number of para-hydroxylation sites is 1. The van der Waals surface area contributed by atoms with E-state index in [0.29, 0.717) is 6.54 Å². The standard InChI is InChI=1S/C25H34FN3O4S/c1-5-15-27-25(31)20(3)28(18-21-11-8-10-19(2)17-21)24(30)14-9-16-29(34(4,32)33)23-13-7-6-12-22(23)26/h6-8,10-13,17,20H,5,9,14-16,18H2,1-4H3,(H,27,31)/t20-/m0/s1. The van der Waals surface area contributed by atoms with Crippen LogP contribution in [0.2, 0.25) is 0 Å². The summed E-state index contributed by atoms with van der Waals surface area (Å²) in [5, 5.41) is 2.82. The average molecular weight is 492 g/mol. The molecular weight excluding hydrogens is 457 g/mol. The third-order valence-electron chi connectivity index (χ3n) is 5.43. The summed E-state index contributed by atoms with van der Waals surface area (Å²) < 4.78 is 39.8. The summed E-state index contributed by atoms with van der Waals surface area (Å²) >= 11 is 0. The van der Waals surface area contributed by atoms with Gasteiger partial charge >= 0.3 is 0 Å². The minimum absolute atomic E-state index is 0.0116. The zero-order valence-electron chi connectivity index (χ0n) is 20.3. The largest absolute Gasteiger partial charge is 0.354 e. The van der Waals surface area contributed by atoms with Gasteiger partial charge in [0, 0.05) is 26.1 Å². The van der Waals surface area contributed by atoms with E-state index in [9.17, 15) is 22.4 Å². The smallest absolute Gasteiger partial charge is 0.242 e. The van der Waals surface area contributed by atoms with Crippen LogP contribution in [0.1, 0.15) is 44.2 Å². The molecule has 2 amide bonds. The van der Waals surface area contributed by atoms with Gasteiger partial charge in [-0.1, -0.05) is 48.9 Å². The van der Waals surface area contributed by atoms with Crippen LogP contribution in [-0.2, 0) is 26.2 Å². The van der Waals surface area contributed by atoms with Gasteiger partial charge in [0.15, 0.2) is 0 Å². The summed E-state index contributed by atoms with van der Waals surface area (Å²) in [6.07, 6.45) is 1.97. The molecule has 0 aliphatic heterocycles. The van der Waals surface area contributed by atoms with Crippen molar-refractivity contribution in [1.29, 1.82) is 0 Å². The first-order chi connectivity index (χ1) is 16.0. The molecule has 0 aromatic heterocycles. The number of hydrogen-bond donors (Lipinski definition) is 1. The Labute approximate surface area is 202 Å². The Balaban J connectivity index is 2.16. The van der Waals surface area contributed by atoms with E-state index < -0.39 is 21.9 Å². The number of sulfonamides is 1. The van der Waals surface area contributed by atoms with Crippen LogP contribution in [0.3, 0.4) is 0 Å². The highest BCUT2D eigenvalue weighted by atomic mass is 32.2. The number of nitrogens with zero attached hydrogens (tertiary/aromatic N) is 2. The van der Waals surface area contributed by atoms with Gasteiger partial charge in [0.05, 0.1) is 11.9 Å². The average Bonchev–Trinajstić information content (AvgIpc) is 2.78. The van der Waals surface area contributed by atoms with Crippen molar-refractivity contribution in [3.63, 3.8) is 0 Å². The van der Waals surface area contributed by atoms with Crippen molar-refractivity contribution in [3.8, 4) is 0 Å². The molecule has 0 unspecified atom stereocenters. The van der Waals surface area contributed by atoms with Gasteiger partial charge in [-0.05, 0) is 44.4 Å². The molecule has 0 aliphatic carbocycles. The molecule has 34 heavy (non-hydrogen) atoms. The van der Waals surface area contributed by atoms with Crippen molar-refractivity contribution in [2.24, 2.45) is 0 Å². The Morgan fingerprint density at radius 1 is 1.12 bits per heavy atom. The van der Waals surface area contributed by atoms with Crippen LogP contribution in [-0.4, -0.2) is 50.5 Å². The minimum Gasteiger partial charge on any atom is -0.354 e. The summed E-state index contributed by atoms with van der Waals surface area (Å²) in [5.41, 5.74) is 1.88. The monoisotopic (exact) mass is 491 g/mol. The maximum Gasteiger partial charge on any atom is 0.242 e. The Kier molecular flexibility index (Phi) is 10.0. The second-order valence-corrected chi connectivity index (χ2v) is 10.3. The fraction of sp³-hybridized carbons (Fsp3) is 0.440. The van der Waals surface area contributed by atoms with Crippen LogP contribution in [0, 0.1) is 12.7 Å². The fourth-order valence-electron chi connectivity index (χ4n) is 3.62. The molecule has 0 fully saturated rings. The molecule has 9 heteroatoms. The molecule has 0 aliphatic rings. The van der Waals surface area contributed by atoms with Crippen LogP contribution >= 0.6 is 0 Å². The Hall–Kier alpha value is -2.94. The number of aryl methyl sites for hydroxylation is 1. The summed E-state index contributed by atoms with van der Waals surface area (Å²) in [6, 6.07) is 12.6. The first-order valence-electron chi connectivity index (χ1n) is 11.4. The lowest BCUT2D eigenvalue weighted by molar-refractivity contribution is -0.140. The van der Waals surface area contributed by atoms with E-state index in [1.165, 1.54) is 23.1 Å². The number of carbonyl (C=O) groups excluding carboxylic acids is 2. The molecule has 0 saturated carbocycles. The van der Waals surface area contributed by atoms with Crippen LogP contribution in [0.5, 0.6) is 0 Å². The molecule has 186 valence electrons. The molecule has 0 radical (unpaired) electrons. The molecule has 7 nitrogen and oxygen atoms in total. The summed E-state index contributed by atoms with van der Waals surface area (Å²) in [5.74, 6) is -1.17. The van der Waals surface area contributed by atoms with Crippen LogP contribution in [0.4, 0.5) is 10.1 Å². The zero-order valence-corrected chi connectivity index (χ0v) is 21.1. The summed E-state index contributed by atoms with van der Waals surface area (Å²) in [6.45, 7) is 6.30. The molecule has 0 saturated heterocycles. The van der Waals surface area contributed by atoms with E-state index in [1.807, 2.05) is 38.1 Å². The molecular formula is C25H34FN3O4S. The number of amides is 2. The molecule has 0 heterocycles. The lowest BCUT2D eigenvalue weighted by Gasteiger charge is -2.29. The van der Waals surface area contributed by atoms with Gasteiger partial charge in [-0.2, -0.15) is 0 Å². The van der Waals surface area contributed by atoms with Gasteiger partial charge in [-0.3, -0.25) is 13.9 Å². The lowest BCUT2D eigenvalue weighted by Crippen LogP contribution is -2.47. The highest BCUT2D eigenvalue weighted by Crippen LogP contribution is 2.22. The van der Waals surface area contributed by atoms with Crippen molar-refractivity contribution in [2.45, 2.75) is 52.6 Å². The maximum atomic E-state index is 14.2.